The van der Waals surface area contributed by atoms with Gasteiger partial charge in [-0.25, -0.2) is 0 Å². The molecule has 0 heterocycles. The zero-order valence-corrected chi connectivity index (χ0v) is 11.7. The van der Waals surface area contributed by atoms with Gasteiger partial charge in [-0.15, -0.1) is 0 Å². The lowest BCUT2D eigenvalue weighted by Crippen LogP contribution is -2.06. The monoisotopic (exact) mass is 277 g/mol. The lowest BCUT2D eigenvalue weighted by atomic mass is 10.2. The van der Waals surface area contributed by atoms with E-state index in [0.717, 1.165) is 29.4 Å². The summed E-state index contributed by atoms with van der Waals surface area (Å²) in [4.78, 5) is 0. The van der Waals surface area contributed by atoms with E-state index in [1.807, 2.05) is 49.5 Å². The zero-order valence-electron chi connectivity index (χ0n) is 10.9. The van der Waals surface area contributed by atoms with Gasteiger partial charge < -0.3 is 14.8 Å². The van der Waals surface area contributed by atoms with Crippen molar-refractivity contribution in [1.29, 1.82) is 0 Å². The van der Waals surface area contributed by atoms with Crippen molar-refractivity contribution >= 4 is 11.6 Å². The largest absolute Gasteiger partial charge is 0.497 e. The standard InChI is InChI=1S/C15H16ClNO2/c1-17-10-11-3-4-12(16)9-15(11)19-14-7-5-13(18-2)6-8-14/h3-9,17H,10H2,1-2H3. The molecule has 19 heavy (non-hydrogen) atoms. The predicted octanol–water partition coefficient (Wildman–Crippen LogP) is 3.86. The van der Waals surface area contributed by atoms with E-state index >= 15 is 0 Å². The van der Waals surface area contributed by atoms with E-state index < -0.39 is 0 Å². The molecule has 0 spiro atoms. The third-order valence-corrected chi connectivity index (χ3v) is 2.92. The van der Waals surface area contributed by atoms with Gasteiger partial charge in [0.25, 0.3) is 0 Å². The molecule has 0 aliphatic heterocycles. The Bertz CT molecular complexity index is 540. The number of halogens is 1. The molecular formula is C15H16ClNO2. The maximum absolute atomic E-state index is 6.01. The maximum atomic E-state index is 6.01. The molecule has 3 nitrogen and oxygen atoms in total. The lowest BCUT2D eigenvalue weighted by Gasteiger charge is -2.12. The van der Waals surface area contributed by atoms with Gasteiger partial charge in [0, 0.05) is 17.1 Å². The molecule has 0 atom stereocenters. The zero-order chi connectivity index (χ0) is 13.7. The van der Waals surface area contributed by atoms with Gasteiger partial charge in [0.1, 0.15) is 17.2 Å². The Morgan fingerprint density at radius 2 is 1.74 bits per heavy atom. The van der Waals surface area contributed by atoms with Gasteiger partial charge in [-0.2, -0.15) is 0 Å². The topological polar surface area (TPSA) is 30.5 Å². The van der Waals surface area contributed by atoms with Gasteiger partial charge in [-0.1, -0.05) is 17.7 Å². The number of nitrogens with one attached hydrogen (secondary N) is 1. The van der Waals surface area contributed by atoms with Crippen LogP contribution in [0.3, 0.4) is 0 Å². The van der Waals surface area contributed by atoms with Gasteiger partial charge >= 0.3 is 0 Å². The summed E-state index contributed by atoms with van der Waals surface area (Å²) in [5.74, 6) is 2.31. The molecular weight excluding hydrogens is 262 g/mol. The highest BCUT2D eigenvalue weighted by Crippen LogP contribution is 2.29. The van der Waals surface area contributed by atoms with E-state index in [0.29, 0.717) is 5.02 Å². The van der Waals surface area contributed by atoms with Crippen molar-refractivity contribution in [1.82, 2.24) is 5.32 Å². The molecule has 1 N–H and O–H groups in total. The Morgan fingerprint density at radius 3 is 2.37 bits per heavy atom. The third-order valence-electron chi connectivity index (χ3n) is 2.68. The van der Waals surface area contributed by atoms with Gasteiger partial charge in [-0.3, -0.25) is 0 Å². The van der Waals surface area contributed by atoms with Crippen LogP contribution in [0.15, 0.2) is 42.5 Å². The number of ether oxygens (including phenoxy) is 2. The summed E-state index contributed by atoms with van der Waals surface area (Å²) in [6, 6.07) is 13.1. The van der Waals surface area contributed by atoms with Crippen LogP contribution in [0.4, 0.5) is 0 Å². The first-order valence-corrected chi connectivity index (χ1v) is 6.35. The Morgan fingerprint density at radius 1 is 1.05 bits per heavy atom. The molecule has 0 aliphatic carbocycles. The normalized spacial score (nSPS) is 10.3. The predicted molar refractivity (Wildman–Crippen MR) is 77.3 cm³/mol. The quantitative estimate of drug-likeness (QED) is 0.900. The molecule has 0 amide bonds. The van der Waals surface area contributed by atoms with E-state index in [1.165, 1.54) is 0 Å². The Kier molecular flexibility index (Phi) is 4.66. The first-order chi connectivity index (χ1) is 9.22. The number of methoxy groups -OCH3 is 1. The van der Waals surface area contributed by atoms with Crippen LogP contribution in [-0.4, -0.2) is 14.2 Å². The highest BCUT2D eigenvalue weighted by Gasteiger charge is 2.06. The number of rotatable bonds is 5. The van der Waals surface area contributed by atoms with Crippen LogP contribution in [0.1, 0.15) is 5.56 Å². The SMILES string of the molecule is CNCc1ccc(Cl)cc1Oc1ccc(OC)cc1. The van der Waals surface area contributed by atoms with Crippen molar-refractivity contribution < 1.29 is 9.47 Å². The van der Waals surface area contributed by atoms with Crippen LogP contribution in [0, 0.1) is 0 Å². The first kappa shape index (κ1) is 13.7. The summed E-state index contributed by atoms with van der Waals surface area (Å²) in [6.07, 6.45) is 0. The van der Waals surface area contributed by atoms with Crippen molar-refractivity contribution in [3.63, 3.8) is 0 Å². The fraction of sp³-hybridized carbons (Fsp3) is 0.200. The molecule has 0 bridgehead atoms. The minimum Gasteiger partial charge on any atom is -0.497 e. The Labute approximate surface area is 118 Å². The molecule has 0 saturated carbocycles. The number of hydrogen-bond acceptors (Lipinski definition) is 3. The van der Waals surface area contributed by atoms with Crippen molar-refractivity contribution in [2.24, 2.45) is 0 Å². The molecule has 0 aliphatic rings. The molecule has 0 aromatic heterocycles. The second-order valence-corrected chi connectivity index (χ2v) is 4.50. The van der Waals surface area contributed by atoms with Crippen molar-refractivity contribution in [2.75, 3.05) is 14.2 Å². The smallest absolute Gasteiger partial charge is 0.133 e. The molecule has 0 unspecified atom stereocenters. The van der Waals surface area contributed by atoms with Gasteiger partial charge in [0.05, 0.1) is 7.11 Å². The summed E-state index contributed by atoms with van der Waals surface area (Å²) in [5, 5.41) is 3.76. The number of benzene rings is 2. The molecule has 4 heteroatoms. The average molecular weight is 278 g/mol. The van der Waals surface area contributed by atoms with Crippen LogP contribution in [0.2, 0.25) is 5.02 Å². The fourth-order valence-electron chi connectivity index (χ4n) is 1.73. The minimum absolute atomic E-state index is 0.656. The second kappa shape index (κ2) is 6.45. The van der Waals surface area contributed by atoms with Gasteiger partial charge in [-0.05, 0) is 43.4 Å². The van der Waals surface area contributed by atoms with Crippen LogP contribution < -0.4 is 14.8 Å². The Balaban J connectivity index is 2.23. The summed E-state index contributed by atoms with van der Waals surface area (Å²) >= 11 is 6.01. The lowest BCUT2D eigenvalue weighted by molar-refractivity contribution is 0.412. The van der Waals surface area contributed by atoms with E-state index in [2.05, 4.69) is 5.32 Å². The summed E-state index contributed by atoms with van der Waals surface area (Å²) in [7, 11) is 3.53. The van der Waals surface area contributed by atoms with Gasteiger partial charge in [0.2, 0.25) is 0 Å². The van der Waals surface area contributed by atoms with Crippen LogP contribution in [0.25, 0.3) is 0 Å². The highest BCUT2D eigenvalue weighted by molar-refractivity contribution is 6.30. The summed E-state index contributed by atoms with van der Waals surface area (Å²) in [5.41, 5.74) is 1.06. The maximum Gasteiger partial charge on any atom is 0.133 e. The van der Waals surface area contributed by atoms with Crippen LogP contribution in [-0.2, 0) is 6.54 Å². The first-order valence-electron chi connectivity index (χ1n) is 5.98. The van der Waals surface area contributed by atoms with E-state index in [1.54, 1.807) is 7.11 Å². The van der Waals surface area contributed by atoms with Gasteiger partial charge in [0.15, 0.2) is 0 Å². The molecule has 2 aromatic rings. The van der Waals surface area contributed by atoms with E-state index in [-0.39, 0.29) is 0 Å². The number of hydrogen-bond donors (Lipinski definition) is 1. The van der Waals surface area contributed by atoms with Crippen molar-refractivity contribution in [3.05, 3.63) is 53.1 Å². The molecule has 0 radical (unpaired) electrons. The molecule has 0 saturated heterocycles. The van der Waals surface area contributed by atoms with Crippen molar-refractivity contribution in [2.45, 2.75) is 6.54 Å². The second-order valence-electron chi connectivity index (χ2n) is 4.06. The Hall–Kier alpha value is -1.71. The van der Waals surface area contributed by atoms with E-state index in [4.69, 9.17) is 21.1 Å². The molecule has 2 rings (SSSR count). The highest BCUT2D eigenvalue weighted by atomic mass is 35.5. The third kappa shape index (κ3) is 3.63. The van der Waals surface area contributed by atoms with Crippen LogP contribution in [0.5, 0.6) is 17.2 Å². The fourth-order valence-corrected chi connectivity index (χ4v) is 1.89. The van der Waals surface area contributed by atoms with E-state index in [9.17, 15) is 0 Å². The molecule has 0 fully saturated rings. The van der Waals surface area contributed by atoms with Crippen molar-refractivity contribution in [3.8, 4) is 17.2 Å². The minimum atomic E-state index is 0.656. The summed E-state index contributed by atoms with van der Waals surface area (Å²) < 4.78 is 11.0. The van der Waals surface area contributed by atoms with Crippen LogP contribution >= 0.6 is 11.6 Å². The molecule has 100 valence electrons. The average Bonchev–Trinajstić information content (AvgIpc) is 2.43. The summed E-state index contributed by atoms with van der Waals surface area (Å²) in [6.45, 7) is 0.725. The molecule has 2 aromatic carbocycles.